The number of methoxy groups -OCH3 is 2. The average molecular weight is 301 g/mol. The second-order valence-corrected chi connectivity index (χ2v) is 5.82. The summed E-state index contributed by atoms with van der Waals surface area (Å²) in [7, 11) is -0.798. The Bertz CT molecular complexity index is 534. The lowest BCUT2D eigenvalue weighted by molar-refractivity contribution is -0.0960. The predicted molar refractivity (Wildman–Crippen MR) is 74.1 cm³/mol. The van der Waals surface area contributed by atoms with Gasteiger partial charge >= 0.3 is 0 Å². The monoisotopic (exact) mass is 301 g/mol. The van der Waals surface area contributed by atoms with Gasteiger partial charge in [0.2, 0.25) is 10.0 Å². The van der Waals surface area contributed by atoms with Crippen LogP contribution >= 0.6 is 0 Å². The Morgan fingerprint density at radius 1 is 1.20 bits per heavy atom. The number of hydrogen-bond donors (Lipinski definition) is 1. The predicted octanol–water partition coefficient (Wildman–Crippen LogP) is 1.18. The highest BCUT2D eigenvalue weighted by Gasteiger charge is 2.16. The van der Waals surface area contributed by atoms with Crippen LogP contribution in [0.4, 0.5) is 0 Å². The second kappa shape index (κ2) is 7.49. The molecule has 20 heavy (non-hydrogen) atoms. The first-order valence-electron chi connectivity index (χ1n) is 6.13. The molecule has 1 aromatic carbocycles. The van der Waals surface area contributed by atoms with Gasteiger partial charge in [0.05, 0.1) is 11.4 Å². The summed E-state index contributed by atoms with van der Waals surface area (Å²) in [5, 5.41) is 0. The number of carbonyl (C=O) groups excluding carboxylic acids is 1. The molecule has 7 heteroatoms. The van der Waals surface area contributed by atoms with Crippen molar-refractivity contribution in [1.29, 1.82) is 0 Å². The van der Waals surface area contributed by atoms with Gasteiger partial charge in [-0.2, -0.15) is 0 Å². The smallest absolute Gasteiger partial charge is 0.240 e. The fraction of sp³-hybridized carbons (Fsp3) is 0.462. The van der Waals surface area contributed by atoms with Crippen LogP contribution in [-0.4, -0.2) is 41.3 Å². The molecule has 0 amide bonds. The van der Waals surface area contributed by atoms with Crippen molar-refractivity contribution in [3.63, 3.8) is 0 Å². The summed E-state index contributed by atoms with van der Waals surface area (Å²) < 4.78 is 36.2. The average Bonchev–Trinajstić information content (AvgIpc) is 2.47. The van der Waals surface area contributed by atoms with Crippen molar-refractivity contribution in [2.45, 2.75) is 24.5 Å². The van der Waals surface area contributed by atoms with Gasteiger partial charge in [-0.05, 0) is 12.1 Å². The van der Waals surface area contributed by atoms with Gasteiger partial charge in [-0.1, -0.05) is 19.1 Å². The van der Waals surface area contributed by atoms with E-state index in [2.05, 4.69) is 4.72 Å². The van der Waals surface area contributed by atoms with E-state index in [9.17, 15) is 13.2 Å². The summed E-state index contributed by atoms with van der Waals surface area (Å²) in [5.74, 6) is -0.0271. The minimum absolute atomic E-state index is 0.00494. The summed E-state index contributed by atoms with van der Waals surface area (Å²) in [6.07, 6.45) is -0.265. The van der Waals surface area contributed by atoms with E-state index < -0.39 is 16.3 Å². The van der Waals surface area contributed by atoms with E-state index in [1.165, 1.54) is 38.5 Å². The third-order valence-electron chi connectivity index (χ3n) is 2.77. The van der Waals surface area contributed by atoms with Crippen molar-refractivity contribution in [3.05, 3.63) is 29.8 Å². The Balaban J connectivity index is 2.80. The van der Waals surface area contributed by atoms with E-state index in [4.69, 9.17) is 9.47 Å². The molecule has 112 valence electrons. The molecule has 0 aliphatic heterocycles. The van der Waals surface area contributed by atoms with Gasteiger partial charge in [-0.3, -0.25) is 4.79 Å². The van der Waals surface area contributed by atoms with Crippen LogP contribution in [0, 0.1) is 0 Å². The van der Waals surface area contributed by atoms with E-state index in [0.29, 0.717) is 12.0 Å². The minimum atomic E-state index is -3.65. The molecule has 0 radical (unpaired) electrons. The molecule has 0 atom stereocenters. The van der Waals surface area contributed by atoms with Gasteiger partial charge in [-0.25, -0.2) is 13.1 Å². The van der Waals surface area contributed by atoms with Crippen molar-refractivity contribution >= 4 is 15.8 Å². The Hall–Kier alpha value is -1.28. The molecule has 0 bridgehead atoms. The van der Waals surface area contributed by atoms with E-state index in [1.807, 2.05) is 0 Å². The fourth-order valence-corrected chi connectivity index (χ4v) is 2.56. The van der Waals surface area contributed by atoms with E-state index >= 15 is 0 Å². The minimum Gasteiger partial charge on any atom is -0.355 e. The zero-order valence-electron chi connectivity index (χ0n) is 11.8. The molecule has 0 spiro atoms. The summed E-state index contributed by atoms with van der Waals surface area (Å²) in [5.41, 5.74) is 0.498. The number of carbonyl (C=O) groups is 1. The van der Waals surface area contributed by atoms with Crippen molar-refractivity contribution < 1.29 is 22.7 Å². The molecule has 0 unspecified atom stereocenters. The fourth-order valence-electron chi connectivity index (χ4n) is 1.55. The molecule has 6 nitrogen and oxygen atoms in total. The molecule has 1 N–H and O–H groups in total. The maximum Gasteiger partial charge on any atom is 0.240 e. The molecule has 0 saturated heterocycles. The van der Waals surface area contributed by atoms with Gasteiger partial charge in [0.15, 0.2) is 12.1 Å². The third-order valence-corrected chi connectivity index (χ3v) is 4.21. The Morgan fingerprint density at radius 2 is 1.75 bits per heavy atom. The number of Topliss-reactive ketones (excluding diaryl/α,β-unsaturated/α-hetero) is 1. The van der Waals surface area contributed by atoms with Crippen LogP contribution in [0.1, 0.15) is 23.7 Å². The van der Waals surface area contributed by atoms with Gasteiger partial charge < -0.3 is 9.47 Å². The van der Waals surface area contributed by atoms with Gasteiger partial charge in [0, 0.05) is 26.2 Å². The number of sulfonamides is 1. The van der Waals surface area contributed by atoms with Crippen LogP contribution in [0.3, 0.4) is 0 Å². The molecule has 0 heterocycles. The zero-order valence-corrected chi connectivity index (χ0v) is 12.6. The molecule has 0 saturated carbocycles. The molecule has 1 aromatic rings. The van der Waals surface area contributed by atoms with Crippen molar-refractivity contribution in [2.24, 2.45) is 0 Å². The molecule has 1 rings (SSSR count). The SMILES string of the molecule is CCC(=O)c1ccc(S(=O)(=O)NCC(OC)OC)cc1. The van der Waals surface area contributed by atoms with Crippen LogP contribution in [0.2, 0.25) is 0 Å². The van der Waals surface area contributed by atoms with Crippen LogP contribution in [0.15, 0.2) is 29.2 Å². The molecule has 0 aliphatic carbocycles. The normalized spacial score (nSPS) is 11.8. The number of benzene rings is 1. The topological polar surface area (TPSA) is 81.7 Å². The quantitative estimate of drug-likeness (QED) is 0.576. The highest BCUT2D eigenvalue weighted by molar-refractivity contribution is 7.89. The Morgan fingerprint density at radius 3 is 2.20 bits per heavy atom. The summed E-state index contributed by atoms with van der Waals surface area (Å²) in [6, 6.07) is 5.81. The maximum atomic E-state index is 12.0. The molecule has 0 aliphatic rings. The lowest BCUT2D eigenvalue weighted by Crippen LogP contribution is -2.34. The van der Waals surface area contributed by atoms with Gasteiger partial charge in [0.25, 0.3) is 0 Å². The second-order valence-electron chi connectivity index (χ2n) is 4.05. The molecule has 0 fully saturated rings. The Labute approximate surface area is 119 Å². The summed E-state index contributed by atoms with van der Waals surface area (Å²) in [6.45, 7) is 1.76. The number of nitrogens with one attached hydrogen (secondary N) is 1. The summed E-state index contributed by atoms with van der Waals surface area (Å²) in [4.78, 5) is 11.6. The Kier molecular flexibility index (Phi) is 6.28. The van der Waals surface area contributed by atoms with Crippen LogP contribution in [-0.2, 0) is 19.5 Å². The first kappa shape index (κ1) is 16.8. The van der Waals surface area contributed by atoms with Crippen molar-refractivity contribution in [1.82, 2.24) is 4.72 Å². The highest BCUT2D eigenvalue weighted by atomic mass is 32.2. The standard InChI is InChI=1S/C13H19NO5S/c1-4-12(15)10-5-7-11(8-6-10)20(16,17)14-9-13(18-2)19-3/h5-8,13-14H,4,9H2,1-3H3. The summed E-state index contributed by atoms with van der Waals surface area (Å²) >= 11 is 0. The largest absolute Gasteiger partial charge is 0.355 e. The highest BCUT2D eigenvalue weighted by Crippen LogP contribution is 2.12. The first-order valence-corrected chi connectivity index (χ1v) is 7.61. The number of ether oxygens (including phenoxy) is 2. The molecular formula is C13H19NO5S. The van der Waals surface area contributed by atoms with Crippen LogP contribution < -0.4 is 4.72 Å². The molecular weight excluding hydrogens is 282 g/mol. The maximum absolute atomic E-state index is 12.0. The lowest BCUT2D eigenvalue weighted by atomic mass is 10.1. The number of hydrogen-bond acceptors (Lipinski definition) is 5. The van der Waals surface area contributed by atoms with E-state index in [1.54, 1.807) is 6.92 Å². The third kappa shape index (κ3) is 4.38. The van der Waals surface area contributed by atoms with E-state index in [0.717, 1.165) is 0 Å². The number of rotatable bonds is 8. The van der Waals surface area contributed by atoms with Crippen molar-refractivity contribution in [2.75, 3.05) is 20.8 Å². The number of ketones is 1. The van der Waals surface area contributed by atoms with E-state index in [-0.39, 0.29) is 17.2 Å². The zero-order chi connectivity index (χ0) is 15.2. The van der Waals surface area contributed by atoms with Crippen LogP contribution in [0.25, 0.3) is 0 Å². The lowest BCUT2D eigenvalue weighted by Gasteiger charge is -2.14. The first-order chi connectivity index (χ1) is 9.44. The van der Waals surface area contributed by atoms with Gasteiger partial charge in [0.1, 0.15) is 0 Å². The molecule has 0 aromatic heterocycles. The van der Waals surface area contributed by atoms with Gasteiger partial charge in [-0.15, -0.1) is 0 Å². The van der Waals surface area contributed by atoms with Crippen LogP contribution in [0.5, 0.6) is 0 Å². The van der Waals surface area contributed by atoms with Crippen molar-refractivity contribution in [3.8, 4) is 0 Å².